The summed E-state index contributed by atoms with van der Waals surface area (Å²) < 4.78 is 40.9. The number of benzene rings is 1. The molecule has 2 aliphatic heterocycles. The van der Waals surface area contributed by atoms with Crippen molar-refractivity contribution >= 4 is 23.3 Å². The molecule has 2 aromatic rings. The second-order valence-electron chi connectivity index (χ2n) is 8.72. The summed E-state index contributed by atoms with van der Waals surface area (Å²) in [6, 6.07) is 9.40. The number of anilines is 2. The Morgan fingerprint density at radius 2 is 1.92 bits per heavy atom. The van der Waals surface area contributed by atoms with Crippen LogP contribution in [0.5, 0.6) is 0 Å². The van der Waals surface area contributed by atoms with Gasteiger partial charge in [-0.3, -0.25) is 24.5 Å². The molecule has 2 aliphatic rings. The van der Waals surface area contributed by atoms with Crippen molar-refractivity contribution in [2.24, 2.45) is 0 Å². The summed E-state index contributed by atoms with van der Waals surface area (Å²) in [5.74, 6) is 1.73. The number of alkyl halides is 3. The second-order valence-corrected chi connectivity index (χ2v) is 8.72. The van der Waals surface area contributed by atoms with Crippen LogP contribution >= 0.6 is 0 Å². The minimum Gasteiger partial charge on any atom is -0.477 e. The van der Waals surface area contributed by atoms with E-state index in [9.17, 15) is 37.9 Å². The number of piperazine rings is 1. The number of hydrazine groups is 1. The van der Waals surface area contributed by atoms with Gasteiger partial charge in [-0.05, 0) is 24.6 Å². The Balaban J connectivity index is 1.94. The van der Waals surface area contributed by atoms with Crippen molar-refractivity contribution in [3.05, 3.63) is 57.5 Å². The van der Waals surface area contributed by atoms with E-state index in [-0.39, 0.29) is 30.0 Å². The highest BCUT2D eigenvalue weighted by atomic mass is 19.4. The Hall–Kier alpha value is -4.53. The lowest BCUT2D eigenvalue weighted by atomic mass is 10.1. The summed E-state index contributed by atoms with van der Waals surface area (Å²) in [5, 5.41) is 23.5. The van der Waals surface area contributed by atoms with Crippen molar-refractivity contribution in [1.29, 1.82) is 5.26 Å². The molecule has 14 heteroatoms. The number of nitriles is 1. The molecular weight excluding hydrogens is 519 g/mol. The number of nitrogens with one attached hydrogen (secondary N) is 2. The maximum Gasteiger partial charge on any atom is 0.472 e. The number of hydrogen-bond donors (Lipinski definition) is 3. The van der Waals surface area contributed by atoms with Gasteiger partial charge in [0.25, 0.3) is 5.56 Å². The molecule has 1 fully saturated rings. The van der Waals surface area contributed by atoms with Crippen molar-refractivity contribution in [1.82, 2.24) is 20.2 Å². The van der Waals surface area contributed by atoms with E-state index in [2.05, 4.69) is 17.2 Å². The molecule has 1 saturated heterocycles. The van der Waals surface area contributed by atoms with Crippen LogP contribution in [0.25, 0.3) is 0 Å². The number of amides is 1. The van der Waals surface area contributed by atoms with Gasteiger partial charge >= 0.3 is 18.1 Å². The predicted octanol–water partition coefficient (Wildman–Crippen LogP) is 0.898. The third kappa shape index (κ3) is 5.38. The van der Waals surface area contributed by atoms with Gasteiger partial charge in [0.1, 0.15) is 11.4 Å². The number of nitrogens with zero attached hydrogens (tertiary/aromatic N) is 5. The van der Waals surface area contributed by atoms with Crippen molar-refractivity contribution in [2.45, 2.75) is 25.9 Å². The fraction of sp³-hybridized carbons (Fsp3) is 0.360. The molecule has 1 aromatic heterocycles. The summed E-state index contributed by atoms with van der Waals surface area (Å²) in [5.41, 5.74) is 0.774. The van der Waals surface area contributed by atoms with Gasteiger partial charge in [0.15, 0.2) is 6.29 Å². The molecule has 1 amide bonds. The smallest absolute Gasteiger partial charge is 0.472 e. The van der Waals surface area contributed by atoms with Gasteiger partial charge in [-0.15, -0.1) is 5.92 Å². The van der Waals surface area contributed by atoms with Crippen LogP contribution in [-0.4, -0.2) is 71.6 Å². The van der Waals surface area contributed by atoms with Gasteiger partial charge in [-0.25, -0.2) is 9.80 Å². The van der Waals surface area contributed by atoms with Gasteiger partial charge in [0.2, 0.25) is 0 Å². The number of aromatic nitrogens is 1. The highest BCUT2D eigenvalue weighted by Gasteiger charge is 2.47. The molecule has 0 saturated carbocycles. The number of hydrogen-bond acceptors (Lipinski definition) is 8. The summed E-state index contributed by atoms with van der Waals surface area (Å²) in [4.78, 5) is 41.5. The molecule has 1 aromatic carbocycles. The molecule has 4 rings (SSSR count). The number of fused-ring (bicyclic) bond motifs is 1. The number of pyridine rings is 1. The van der Waals surface area contributed by atoms with Crippen LogP contribution in [0.4, 0.5) is 24.5 Å². The normalized spacial score (nSPS) is 17.2. The first-order valence-electron chi connectivity index (χ1n) is 11.9. The number of aromatic carboxylic acids is 1. The predicted molar refractivity (Wildman–Crippen MR) is 134 cm³/mol. The van der Waals surface area contributed by atoms with Crippen molar-refractivity contribution in [3.8, 4) is 17.9 Å². The average molecular weight is 544 g/mol. The number of carbonyl (C=O) groups excluding carboxylic acids is 1. The van der Waals surface area contributed by atoms with E-state index in [4.69, 9.17) is 0 Å². The highest BCUT2D eigenvalue weighted by molar-refractivity contribution is 5.92. The average Bonchev–Trinajstić information content (AvgIpc) is 3.21. The highest BCUT2D eigenvalue weighted by Crippen LogP contribution is 2.38. The van der Waals surface area contributed by atoms with Crippen LogP contribution in [0.1, 0.15) is 28.5 Å². The molecule has 0 radical (unpaired) electrons. The quantitative estimate of drug-likeness (QED) is 0.455. The van der Waals surface area contributed by atoms with Crippen LogP contribution in [-0.2, 0) is 11.3 Å². The Morgan fingerprint density at radius 1 is 1.23 bits per heavy atom. The first kappa shape index (κ1) is 27.5. The fourth-order valence-corrected chi connectivity index (χ4v) is 4.62. The zero-order chi connectivity index (χ0) is 28.3. The van der Waals surface area contributed by atoms with Crippen molar-refractivity contribution in [2.75, 3.05) is 42.6 Å². The molecule has 0 aliphatic carbocycles. The van der Waals surface area contributed by atoms with Crippen LogP contribution < -0.4 is 26.2 Å². The topological polar surface area (TPSA) is 134 Å². The van der Waals surface area contributed by atoms with E-state index in [0.717, 1.165) is 15.6 Å². The molecule has 39 heavy (non-hydrogen) atoms. The molecule has 204 valence electrons. The van der Waals surface area contributed by atoms with Gasteiger partial charge in [0.05, 0.1) is 30.4 Å². The van der Waals surface area contributed by atoms with Gasteiger partial charge in [-0.1, -0.05) is 24.1 Å². The lowest BCUT2D eigenvalue weighted by molar-refractivity contribution is -0.174. The molecule has 3 heterocycles. The number of carboxylic acid groups (broad SMARTS) is 1. The minimum absolute atomic E-state index is 0.0904. The summed E-state index contributed by atoms with van der Waals surface area (Å²) in [7, 11) is 0. The van der Waals surface area contributed by atoms with E-state index >= 15 is 0 Å². The molecule has 11 nitrogen and oxygen atoms in total. The van der Waals surface area contributed by atoms with Crippen molar-refractivity contribution < 1.29 is 27.9 Å². The van der Waals surface area contributed by atoms with Crippen molar-refractivity contribution in [3.63, 3.8) is 0 Å². The van der Waals surface area contributed by atoms with E-state index in [1.165, 1.54) is 11.0 Å². The number of halogens is 3. The SMILES string of the molecule is CC#CCN1c2c(cc(C(=O)O)n(Cc3ccccc3C#N)c2=O)N(NC(=O)C(F)(F)F)C1N1CCNCC1. The first-order valence-corrected chi connectivity index (χ1v) is 11.9. The first-order chi connectivity index (χ1) is 18.6. The largest absolute Gasteiger partial charge is 0.477 e. The molecule has 1 atom stereocenters. The minimum atomic E-state index is -5.24. The summed E-state index contributed by atoms with van der Waals surface area (Å²) in [6.07, 6.45) is -6.33. The Kier molecular flexibility index (Phi) is 7.80. The fourth-order valence-electron chi connectivity index (χ4n) is 4.62. The summed E-state index contributed by atoms with van der Waals surface area (Å²) >= 11 is 0. The summed E-state index contributed by atoms with van der Waals surface area (Å²) in [6.45, 7) is 2.91. The maximum absolute atomic E-state index is 14.0. The molecule has 3 N–H and O–H groups in total. The van der Waals surface area contributed by atoms with Crippen LogP contribution in [0.15, 0.2) is 35.1 Å². The molecule has 0 spiro atoms. The van der Waals surface area contributed by atoms with Crippen LogP contribution in [0.2, 0.25) is 0 Å². The Labute approximate surface area is 221 Å². The van der Waals surface area contributed by atoms with Crippen LogP contribution in [0, 0.1) is 23.2 Å². The van der Waals surface area contributed by atoms with E-state index in [1.54, 1.807) is 30.0 Å². The third-order valence-corrected chi connectivity index (χ3v) is 6.38. The standard InChI is InChI=1S/C25H24F3N7O4/c1-2-3-10-33-20-18(35(31-23(39)25(26,27)28)24(33)32-11-8-30-9-12-32)13-19(22(37)38)34(21(20)36)15-17-7-5-4-6-16(17)14-29/h4-7,13,24,30H,8-12,15H2,1H3,(H,31,39)(H,37,38). The van der Waals surface area contributed by atoms with Gasteiger partial charge in [-0.2, -0.15) is 18.4 Å². The lowest BCUT2D eigenvalue weighted by Gasteiger charge is -2.41. The molecule has 0 bridgehead atoms. The van der Waals surface area contributed by atoms with Crippen LogP contribution in [0.3, 0.4) is 0 Å². The maximum atomic E-state index is 14.0. The molecular formula is C25H24F3N7O4. The lowest BCUT2D eigenvalue weighted by Crippen LogP contribution is -2.64. The number of carbonyl (C=O) groups is 2. The van der Waals surface area contributed by atoms with E-state index < -0.39 is 35.6 Å². The third-order valence-electron chi connectivity index (χ3n) is 6.38. The van der Waals surface area contributed by atoms with E-state index in [0.29, 0.717) is 31.7 Å². The second kappa shape index (κ2) is 11.1. The number of rotatable bonds is 6. The monoisotopic (exact) mass is 543 g/mol. The Morgan fingerprint density at radius 3 is 2.54 bits per heavy atom. The van der Waals surface area contributed by atoms with Gasteiger partial charge in [0, 0.05) is 26.2 Å². The van der Waals surface area contributed by atoms with Gasteiger partial charge < -0.3 is 15.3 Å². The molecule has 1 unspecified atom stereocenters. The zero-order valence-electron chi connectivity index (χ0n) is 20.7. The Bertz CT molecular complexity index is 1450. The zero-order valence-corrected chi connectivity index (χ0v) is 20.7. The number of carboxylic acids is 1. The van der Waals surface area contributed by atoms with E-state index in [1.807, 2.05) is 11.5 Å².